The molecule has 2 rings (SSSR count). The molecule has 2 unspecified atom stereocenters. The van der Waals surface area contributed by atoms with Crippen LogP contribution in [0.5, 0.6) is 0 Å². The molecule has 84 valence electrons. The van der Waals surface area contributed by atoms with Crippen LogP contribution >= 0.6 is 0 Å². The van der Waals surface area contributed by atoms with Gasteiger partial charge in [-0.05, 0) is 18.9 Å². The Hall–Kier alpha value is -0.810. The zero-order valence-electron chi connectivity index (χ0n) is 7.92. The van der Waals surface area contributed by atoms with Gasteiger partial charge in [0.15, 0.2) is 0 Å². The molecular weight excluding hydrogens is 209 g/mol. The number of rotatable bonds is 3. The second-order valence-electron chi connectivity index (χ2n) is 3.76. The number of allylic oxidation sites excluding steroid dienone is 2. The minimum Gasteiger partial charge on any atom is -0.396 e. The van der Waals surface area contributed by atoms with Crippen molar-refractivity contribution in [1.29, 1.82) is 0 Å². The summed E-state index contributed by atoms with van der Waals surface area (Å²) in [5.74, 6) is 0. The Morgan fingerprint density at radius 3 is 2.80 bits per heavy atom. The standard InChI is InChI=1S/C10H11F3O2/c11-10(12,13)7-3-1-4-9(5-2-6-14)8(7)15-9/h1,3-4,8,14H,2,5-6H2. The lowest BCUT2D eigenvalue weighted by Crippen LogP contribution is -2.24. The molecule has 1 saturated heterocycles. The first-order valence-corrected chi connectivity index (χ1v) is 4.75. The fraction of sp³-hybridized carbons (Fsp3) is 0.600. The molecule has 0 saturated carbocycles. The quantitative estimate of drug-likeness (QED) is 0.737. The van der Waals surface area contributed by atoms with Crippen LogP contribution in [0.15, 0.2) is 23.8 Å². The fourth-order valence-corrected chi connectivity index (χ4v) is 1.91. The summed E-state index contributed by atoms with van der Waals surface area (Å²) in [6.45, 7) is -0.0310. The molecule has 0 aromatic heterocycles. The zero-order chi connectivity index (χ0) is 11.1. The van der Waals surface area contributed by atoms with E-state index >= 15 is 0 Å². The van der Waals surface area contributed by atoms with Crippen molar-refractivity contribution < 1.29 is 23.0 Å². The first kappa shape index (κ1) is 10.7. The van der Waals surface area contributed by atoms with Crippen LogP contribution in [-0.4, -0.2) is 29.6 Å². The van der Waals surface area contributed by atoms with E-state index in [4.69, 9.17) is 9.84 Å². The minimum absolute atomic E-state index is 0.0310. The monoisotopic (exact) mass is 220 g/mol. The number of fused-ring (bicyclic) bond motifs is 1. The molecule has 0 amide bonds. The largest absolute Gasteiger partial charge is 0.415 e. The molecule has 1 aliphatic carbocycles. The van der Waals surface area contributed by atoms with Crippen LogP contribution in [0.2, 0.25) is 0 Å². The lowest BCUT2D eigenvalue weighted by Gasteiger charge is -2.14. The number of hydrogen-bond donors (Lipinski definition) is 1. The topological polar surface area (TPSA) is 32.8 Å². The van der Waals surface area contributed by atoms with E-state index in [9.17, 15) is 13.2 Å². The van der Waals surface area contributed by atoms with E-state index in [0.29, 0.717) is 12.8 Å². The zero-order valence-corrected chi connectivity index (χ0v) is 7.92. The third kappa shape index (κ3) is 1.81. The molecule has 2 aliphatic rings. The molecule has 1 aliphatic heterocycles. The number of epoxide rings is 1. The number of ether oxygens (including phenoxy) is 1. The van der Waals surface area contributed by atoms with Crippen LogP contribution in [0.1, 0.15) is 12.8 Å². The van der Waals surface area contributed by atoms with Gasteiger partial charge < -0.3 is 9.84 Å². The van der Waals surface area contributed by atoms with Crippen LogP contribution < -0.4 is 0 Å². The van der Waals surface area contributed by atoms with Crippen molar-refractivity contribution in [3.8, 4) is 0 Å². The van der Waals surface area contributed by atoms with Gasteiger partial charge in [0.2, 0.25) is 0 Å². The highest BCUT2D eigenvalue weighted by Gasteiger charge is 2.61. The van der Waals surface area contributed by atoms with Crippen LogP contribution in [0.3, 0.4) is 0 Å². The third-order valence-electron chi connectivity index (χ3n) is 2.71. The summed E-state index contributed by atoms with van der Waals surface area (Å²) in [6.07, 6.45) is -0.240. The van der Waals surface area contributed by atoms with Crippen LogP contribution in [0.25, 0.3) is 0 Å². The van der Waals surface area contributed by atoms with Crippen molar-refractivity contribution in [3.05, 3.63) is 23.8 Å². The Morgan fingerprint density at radius 1 is 1.47 bits per heavy atom. The van der Waals surface area contributed by atoms with E-state index in [1.165, 1.54) is 6.08 Å². The van der Waals surface area contributed by atoms with E-state index in [1.54, 1.807) is 6.08 Å². The van der Waals surface area contributed by atoms with Gasteiger partial charge in [0.25, 0.3) is 0 Å². The number of alkyl halides is 3. The summed E-state index contributed by atoms with van der Waals surface area (Å²) in [4.78, 5) is 0. The Bertz CT molecular complexity index is 319. The molecule has 5 heteroatoms. The Labute approximate surface area is 85.0 Å². The maximum atomic E-state index is 12.5. The highest BCUT2D eigenvalue weighted by molar-refractivity contribution is 5.40. The number of aliphatic hydroxyl groups is 1. The number of aliphatic hydroxyl groups excluding tert-OH is 1. The van der Waals surface area contributed by atoms with E-state index in [0.717, 1.165) is 6.08 Å². The summed E-state index contributed by atoms with van der Waals surface area (Å²) in [7, 11) is 0. The first-order valence-electron chi connectivity index (χ1n) is 4.75. The van der Waals surface area contributed by atoms with Crippen molar-refractivity contribution in [2.24, 2.45) is 0 Å². The maximum Gasteiger partial charge on any atom is 0.415 e. The predicted octanol–water partition coefficient (Wildman–Crippen LogP) is 1.95. The van der Waals surface area contributed by atoms with Crippen molar-refractivity contribution >= 4 is 0 Å². The van der Waals surface area contributed by atoms with Crippen molar-refractivity contribution in [2.75, 3.05) is 6.61 Å². The van der Waals surface area contributed by atoms with Crippen molar-refractivity contribution in [3.63, 3.8) is 0 Å². The highest BCUT2D eigenvalue weighted by atomic mass is 19.4. The second-order valence-corrected chi connectivity index (χ2v) is 3.76. The summed E-state index contributed by atoms with van der Waals surface area (Å²) in [6, 6.07) is 0. The predicted molar refractivity (Wildman–Crippen MR) is 47.2 cm³/mol. The van der Waals surface area contributed by atoms with E-state index < -0.39 is 23.5 Å². The van der Waals surface area contributed by atoms with Gasteiger partial charge in [-0.3, -0.25) is 0 Å². The number of halogens is 3. The Balaban J connectivity index is 2.10. The SMILES string of the molecule is OCCCC12C=CC=C(C(F)(F)F)C1O2. The molecule has 1 heterocycles. The van der Waals surface area contributed by atoms with Gasteiger partial charge in [0, 0.05) is 6.61 Å². The second kappa shape index (κ2) is 3.35. The van der Waals surface area contributed by atoms with Crippen LogP contribution in [0, 0.1) is 0 Å². The fourth-order valence-electron chi connectivity index (χ4n) is 1.91. The molecule has 15 heavy (non-hydrogen) atoms. The van der Waals surface area contributed by atoms with Gasteiger partial charge in [-0.2, -0.15) is 13.2 Å². The first-order chi connectivity index (χ1) is 6.99. The van der Waals surface area contributed by atoms with Gasteiger partial charge >= 0.3 is 6.18 Å². The Morgan fingerprint density at radius 2 is 2.20 bits per heavy atom. The molecule has 0 aromatic carbocycles. The third-order valence-corrected chi connectivity index (χ3v) is 2.71. The van der Waals surface area contributed by atoms with E-state index in [2.05, 4.69) is 0 Å². The molecular formula is C10H11F3O2. The highest BCUT2D eigenvalue weighted by Crippen LogP contribution is 2.52. The minimum atomic E-state index is -4.32. The average Bonchev–Trinajstić information content (AvgIpc) is 2.87. The van der Waals surface area contributed by atoms with Gasteiger partial charge in [0.05, 0.1) is 5.57 Å². The van der Waals surface area contributed by atoms with Crippen molar-refractivity contribution in [2.45, 2.75) is 30.7 Å². The summed E-state index contributed by atoms with van der Waals surface area (Å²) in [5, 5.41) is 8.64. The molecule has 1 N–H and O–H groups in total. The lowest BCUT2D eigenvalue weighted by molar-refractivity contribution is -0.0955. The summed E-state index contributed by atoms with van der Waals surface area (Å²) >= 11 is 0. The van der Waals surface area contributed by atoms with Crippen molar-refractivity contribution in [1.82, 2.24) is 0 Å². The van der Waals surface area contributed by atoms with Crippen LogP contribution in [-0.2, 0) is 4.74 Å². The molecule has 0 bridgehead atoms. The smallest absolute Gasteiger partial charge is 0.396 e. The lowest BCUT2D eigenvalue weighted by atomic mass is 9.90. The van der Waals surface area contributed by atoms with E-state index in [-0.39, 0.29) is 6.61 Å². The summed E-state index contributed by atoms with van der Waals surface area (Å²) < 4.78 is 42.6. The summed E-state index contributed by atoms with van der Waals surface area (Å²) in [5.41, 5.74) is -1.43. The average molecular weight is 220 g/mol. The molecule has 0 spiro atoms. The van der Waals surface area contributed by atoms with Gasteiger partial charge in [0.1, 0.15) is 11.7 Å². The Kier molecular flexibility index (Phi) is 2.39. The molecule has 2 nitrogen and oxygen atoms in total. The van der Waals surface area contributed by atoms with Gasteiger partial charge in [-0.25, -0.2) is 0 Å². The van der Waals surface area contributed by atoms with Crippen LogP contribution in [0.4, 0.5) is 13.2 Å². The van der Waals surface area contributed by atoms with E-state index in [1.807, 2.05) is 0 Å². The normalized spacial score (nSPS) is 33.6. The van der Waals surface area contributed by atoms with Gasteiger partial charge in [-0.15, -0.1) is 0 Å². The maximum absolute atomic E-state index is 12.5. The molecule has 0 aromatic rings. The van der Waals surface area contributed by atoms with Gasteiger partial charge in [-0.1, -0.05) is 12.2 Å². The molecule has 2 atom stereocenters. The molecule has 1 fully saturated rings. The molecule has 0 radical (unpaired) electrons. The number of hydrogen-bond acceptors (Lipinski definition) is 2.